The molecule has 3 rings (SSSR count). The Hall–Kier alpha value is -3.59. The number of amides is 3. The number of rotatable bonds is 8. The van der Waals surface area contributed by atoms with Crippen molar-refractivity contribution in [2.75, 3.05) is 27.3 Å². The third kappa shape index (κ3) is 5.76. The molecule has 0 unspecified atom stereocenters. The van der Waals surface area contributed by atoms with Crippen molar-refractivity contribution in [3.05, 3.63) is 70.4 Å². The number of nitrogens with zero attached hydrogens (tertiary/aromatic N) is 1. The van der Waals surface area contributed by atoms with E-state index in [1.165, 1.54) is 32.4 Å². The first-order valence-corrected chi connectivity index (χ1v) is 10.4. The van der Waals surface area contributed by atoms with Crippen LogP contribution in [0, 0.1) is 5.82 Å². The summed E-state index contributed by atoms with van der Waals surface area (Å²) >= 11 is 0.837. The van der Waals surface area contributed by atoms with Crippen molar-refractivity contribution in [1.82, 2.24) is 10.2 Å². The summed E-state index contributed by atoms with van der Waals surface area (Å²) in [7, 11) is 3.04. The second kappa shape index (κ2) is 10.6. The number of benzene rings is 2. The second-order valence-corrected chi connectivity index (χ2v) is 7.62. The van der Waals surface area contributed by atoms with Crippen molar-refractivity contribution in [3.63, 3.8) is 0 Å². The van der Waals surface area contributed by atoms with Crippen molar-refractivity contribution in [2.24, 2.45) is 0 Å². The van der Waals surface area contributed by atoms with Gasteiger partial charge < -0.3 is 14.8 Å². The Bertz CT molecular complexity index is 1080. The molecule has 0 spiro atoms. The lowest BCUT2D eigenvalue weighted by Gasteiger charge is -2.12. The summed E-state index contributed by atoms with van der Waals surface area (Å²) in [6, 6.07) is 10.9. The number of carbonyl (C=O) groups is 3. The van der Waals surface area contributed by atoms with E-state index in [0.717, 1.165) is 16.7 Å². The first-order chi connectivity index (χ1) is 15.4. The predicted octanol–water partition coefficient (Wildman–Crippen LogP) is 3.71. The quantitative estimate of drug-likeness (QED) is 0.610. The smallest absolute Gasteiger partial charge is 0.293 e. The summed E-state index contributed by atoms with van der Waals surface area (Å²) in [6.07, 6.45) is 4.45. The van der Waals surface area contributed by atoms with Crippen LogP contribution in [-0.4, -0.2) is 49.3 Å². The molecule has 1 heterocycles. The van der Waals surface area contributed by atoms with Crippen molar-refractivity contribution in [3.8, 4) is 11.5 Å². The molecule has 1 saturated heterocycles. The molecule has 0 radical (unpaired) electrons. The molecule has 1 N–H and O–H groups in total. The molecule has 1 aliphatic heterocycles. The van der Waals surface area contributed by atoms with Crippen LogP contribution in [0.2, 0.25) is 0 Å². The Balaban J connectivity index is 1.56. The first kappa shape index (κ1) is 23.1. The highest BCUT2D eigenvalue weighted by Gasteiger charge is 2.34. The van der Waals surface area contributed by atoms with Gasteiger partial charge in [0.2, 0.25) is 5.91 Å². The number of hydrogen-bond donors (Lipinski definition) is 1. The summed E-state index contributed by atoms with van der Waals surface area (Å²) in [5, 5.41) is 2.21. The van der Waals surface area contributed by atoms with Gasteiger partial charge in [-0.05, 0) is 59.3 Å². The van der Waals surface area contributed by atoms with E-state index in [4.69, 9.17) is 9.47 Å². The van der Waals surface area contributed by atoms with E-state index in [1.807, 2.05) is 0 Å². The molecule has 7 nitrogen and oxygen atoms in total. The standard InChI is InChI=1S/C23H21FN2O5S/c1-30-18-9-5-16(13-19(18)31-2)14-20-22(28)26(23(29)32-20)12-11-25-21(27)10-6-15-3-7-17(24)8-4-15/h3-10,13-14H,11-12H2,1-2H3,(H,25,27)/b10-6+,20-14-. The van der Waals surface area contributed by atoms with Crippen molar-refractivity contribution < 1.29 is 28.2 Å². The number of nitrogens with one attached hydrogen (secondary N) is 1. The molecule has 3 amide bonds. The third-order valence-corrected chi connectivity index (χ3v) is 5.42. The number of methoxy groups -OCH3 is 2. The molecule has 0 aromatic heterocycles. The van der Waals surface area contributed by atoms with Crippen LogP contribution >= 0.6 is 11.8 Å². The molecule has 1 fully saturated rings. The number of thioether (sulfide) groups is 1. The lowest BCUT2D eigenvalue weighted by atomic mass is 10.2. The largest absolute Gasteiger partial charge is 0.493 e. The summed E-state index contributed by atoms with van der Waals surface area (Å²) in [4.78, 5) is 38.2. The number of imide groups is 1. The Morgan fingerprint density at radius 1 is 1.06 bits per heavy atom. The normalized spacial score (nSPS) is 15.0. The zero-order valence-corrected chi connectivity index (χ0v) is 18.3. The van der Waals surface area contributed by atoms with Gasteiger partial charge in [0.15, 0.2) is 11.5 Å². The SMILES string of the molecule is COc1ccc(/C=C2\SC(=O)N(CCNC(=O)/C=C/c3ccc(F)cc3)C2=O)cc1OC. The minimum absolute atomic E-state index is 0.0457. The predicted molar refractivity (Wildman–Crippen MR) is 121 cm³/mol. The fourth-order valence-corrected chi connectivity index (χ4v) is 3.75. The molecule has 166 valence electrons. The van der Waals surface area contributed by atoms with Crippen LogP contribution in [0.25, 0.3) is 12.2 Å². The third-order valence-electron chi connectivity index (χ3n) is 4.51. The Morgan fingerprint density at radius 2 is 1.75 bits per heavy atom. The molecule has 9 heteroatoms. The van der Waals surface area contributed by atoms with E-state index in [0.29, 0.717) is 22.6 Å². The Kier molecular flexibility index (Phi) is 7.67. The average molecular weight is 456 g/mol. The maximum atomic E-state index is 12.9. The van der Waals surface area contributed by atoms with E-state index in [2.05, 4.69) is 5.32 Å². The molecule has 0 atom stereocenters. The Morgan fingerprint density at radius 3 is 2.44 bits per heavy atom. The van der Waals surface area contributed by atoms with Crippen molar-refractivity contribution in [2.45, 2.75) is 0 Å². The van der Waals surface area contributed by atoms with Crippen LogP contribution < -0.4 is 14.8 Å². The minimum Gasteiger partial charge on any atom is -0.493 e. The molecular formula is C23H21FN2O5S. The number of hydrogen-bond acceptors (Lipinski definition) is 6. The molecule has 32 heavy (non-hydrogen) atoms. The fourth-order valence-electron chi connectivity index (χ4n) is 2.88. The lowest BCUT2D eigenvalue weighted by molar-refractivity contribution is -0.123. The molecule has 1 aliphatic rings. The summed E-state index contributed by atoms with van der Waals surface area (Å²) < 4.78 is 23.3. The zero-order chi connectivity index (χ0) is 23.1. The van der Waals surface area contributed by atoms with Gasteiger partial charge in [-0.15, -0.1) is 0 Å². The molecule has 0 saturated carbocycles. The lowest BCUT2D eigenvalue weighted by Crippen LogP contribution is -2.36. The summed E-state index contributed by atoms with van der Waals surface area (Å²) in [6.45, 7) is 0.151. The minimum atomic E-state index is -0.425. The van der Waals surface area contributed by atoms with Crippen LogP contribution in [0.3, 0.4) is 0 Å². The van der Waals surface area contributed by atoms with Crippen LogP contribution in [0.5, 0.6) is 11.5 Å². The van der Waals surface area contributed by atoms with Gasteiger partial charge in [0.25, 0.3) is 11.1 Å². The topological polar surface area (TPSA) is 84.9 Å². The monoisotopic (exact) mass is 456 g/mol. The number of ether oxygens (including phenoxy) is 2. The van der Waals surface area contributed by atoms with Crippen molar-refractivity contribution >= 4 is 41.0 Å². The van der Waals surface area contributed by atoms with E-state index < -0.39 is 11.1 Å². The molecule has 2 aromatic rings. The highest BCUT2D eigenvalue weighted by atomic mass is 32.2. The van der Waals surface area contributed by atoms with E-state index in [1.54, 1.807) is 42.5 Å². The van der Waals surface area contributed by atoms with E-state index in [9.17, 15) is 18.8 Å². The average Bonchev–Trinajstić information content (AvgIpc) is 3.05. The highest BCUT2D eigenvalue weighted by molar-refractivity contribution is 8.18. The zero-order valence-electron chi connectivity index (χ0n) is 17.5. The fraction of sp³-hybridized carbons (Fsp3) is 0.174. The number of carbonyl (C=O) groups excluding carboxylic acids is 3. The van der Waals surface area contributed by atoms with Gasteiger partial charge in [-0.2, -0.15) is 0 Å². The number of halogens is 1. The molecule has 2 aromatic carbocycles. The van der Waals surface area contributed by atoms with Crippen LogP contribution in [0.4, 0.5) is 9.18 Å². The molecular weight excluding hydrogens is 435 g/mol. The van der Waals surface area contributed by atoms with Gasteiger partial charge in [-0.25, -0.2) is 4.39 Å². The van der Waals surface area contributed by atoms with Crippen molar-refractivity contribution in [1.29, 1.82) is 0 Å². The highest BCUT2D eigenvalue weighted by Crippen LogP contribution is 2.34. The van der Waals surface area contributed by atoms with Crippen LogP contribution in [-0.2, 0) is 9.59 Å². The van der Waals surface area contributed by atoms with Gasteiger partial charge >= 0.3 is 0 Å². The van der Waals surface area contributed by atoms with Gasteiger partial charge in [-0.1, -0.05) is 18.2 Å². The first-order valence-electron chi connectivity index (χ1n) is 9.60. The van der Waals surface area contributed by atoms with E-state index in [-0.39, 0.29) is 29.7 Å². The maximum Gasteiger partial charge on any atom is 0.293 e. The van der Waals surface area contributed by atoms with Gasteiger partial charge in [0.05, 0.1) is 19.1 Å². The molecule has 0 aliphatic carbocycles. The van der Waals surface area contributed by atoms with Crippen LogP contribution in [0.15, 0.2) is 53.4 Å². The van der Waals surface area contributed by atoms with Gasteiger partial charge in [0, 0.05) is 19.2 Å². The second-order valence-electron chi connectivity index (χ2n) is 6.62. The maximum absolute atomic E-state index is 12.9. The van der Waals surface area contributed by atoms with Crippen LogP contribution in [0.1, 0.15) is 11.1 Å². The van der Waals surface area contributed by atoms with E-state index >= 15 is 0 Å². The molecule has 0 bridgehead atoms. The Labute approximate surface area is 188 Å². The summed E-state index contributed by atoms with van der Waals surface area (Å²) in [5.74, 6) is -0.101. The summed E-state index contributed by atoms with van der Waals surface area (Å²) in [5.41, 5.74) is 1.36. The van der Waals surface area contributed by atoms with Gasteiger partial charge in [0.1, 0.15) is 5.82 Å². The van der Waals surface area contributed by atoms with Gasteiger partial charge in [-0.3, -0.25) is 19.3 Å².